The molecule has 8 heteroatoms. The molecule has 0 heterocycles. The highest BCUT2D eigenvalue weighted by Crippen LogP contribution is 2.46. The molecule has 106 valence electrons. The van der Waals surface area contributed by atoms with Gasteiger partial charge in [0, 0.05) is 19.7 Å². The second kappa shape index (κ2) is 6.96. The van der Waals surface area contributed by atoms with Crippen molar-refractivity contribution in [2.24, 2.45) is 0 Å². The van der Waals surface area contributed by atoms with Crippen molar-refractivity contribution >= 4 is 24.1 Å². The van der Waals surface area contributed by atoms with Crippen LogP contribution in [0.15, 0.2) is 18.2 Å². The summed E-state index contributed by atoms with van der Waals surface area (Å²) in [7, 11) is 1.43. The molecule has 0 saturated heterocycles. The van der Waals surface area contributed by atoms with E-state index < -0.39 is 11.6 Å². The Morgan fingerprint density at radius 3 is 2.74 bits per heavy atom. The van der Waals surface area contributed by atoms with Crippen molar-refractivity contribution in [1.29, 1.82) is 0 Å². The van der Waals surface area contributed by atoms with Gasteiger partial charge < -0.3 is 9.05 Å². The molecule has 1 N–H and O–H groups in total. The zero-order valence-corrected chi connectivity index (χ0v) is 12.8. The lowest BCUT2D eigenvalue weighted by Crippen LogP contribution is -2.16. The van der Waals surface area contributed by atoms with E-state index in [2.05, 4.69) is 5.09 Å². The maximum absolute atomic E-state index is 11.0. The maximum Gasteiger partial charge on any atom is 0.312 e. The van der Waals surface area contributed by atoms with Gasteiger partial charge in [-0.05, 0) is 36.8 Å². The summed E-state index contributed by atoms with van der Waals surface area (Å²) in [6, 6.07) is 4.73. The first-order chi connectivity index (χ1) is 8.91. The van der Waals surface area contributed by atoms with Crippen molar-refractivity contribution in [2.75, 3.05) is 13.7 Å². The van der Waals surface area contributed by atoms with Crippen molar-refractivity contribution in [3.8, 4) is 5.75 Å². The molecule has 0 saturated carbocycles. The van der Waals surface area contributed by atoms with Crippen LogP contribution in [0.1, 0.15) is 18.9 Å². The summed E-state index contributed by atoms with van der Waals surface area (Å²) in [4.78, 5) is 10.5. The highest BCUT2D eigenvalue weighted by Gasteiger charge is 2.24. The molecule has 1 unspecified atom stereocenters. The second-order valence-corrected chi connectivity index (χ2v) is 7.21. The van der Waals surface area contributed by atoms with Gasteiger partial charge in [-0.1, -0.05) is 13.0 Å². The number of hydrogen-bond donors (Lipinski definition) is 1. The van der Waals surface area contributed by atoms with Crippen LogP contribution in [0, 0.1) is 17.0 Å². The van der Waals surface area contributed by atoms with Gasteiger partial charge in [-0.2, -0.15) is 0 Å². The van der Waals surface area contributed by atoms with Gasteiger partial charge in [0.05, 0.1) is 4.92 Å². The Hall–Kier alpha value is -1.01. The Morgan fingerprint density at radius 2 is 2.21 bits per heavy atom. The number of rotatable bonds is 7. The van der Waals surface area contributed by atoms with Gasteiger partial charge in [-0.15, -0.1) is 0 Å². The number of aryl methyl sites for hydroxylation is 1. The smallest absolute Gasteiger partial charge is 0.312 e. The van der Waals surface area contributed by atoms with Crippen LogP contribution in [0.5, 0.6) is 5.75 Å². The Kier molecular flexibility index (Phi) is 5.87. The van der Waals surface area contributed by atoms with E-state index in [1.165, 1.54) is 13.2 Å². The van der Waals surface area contributed by atoms with Crippen LogP contribution in [0.25, 0.3) is 0 Å². The van der Waals surface area contributed by atoms with Crippen molar-refractivity contribution in [3.63, 3.8) is 0 Å². The minimum Gasteiger partial charge on any atom is -0.425 e. The molecule has 19 heavy (non-hydrogen) atoms. The van der Waals surface area contributed by atoms with E-state index in [0.29, 0.717) is 6.54 Å². The fourth-order valence-electron chi connectivity index (χ4n) is 1.36. The fraction of sp³-hybridized carbons (Fsp3) is 0.455. The fourth-order valence-corrected chi connectivity index (χ4v) is 3.05. The van der Waals surface area contributed by atoms with E-state index in [9.17, 15) is 10.1 Å². The van der Waals surface area contributed by atoms with E-state index in [0.717, 1.165) is 12.0 Å². The standard InChI is InChI=1S/C11H17N2O4PS/c1-4-7-12-18(19,16-3)17-11-6-5-9(2)8-10(11)13(14)15/h5-6,8H,4,7H2,1-3H3,(H,12,19). The van der Waals surface area contributed by atoms with Gasteiger partial charge in [0.1, 0.15) is 0 Å². The summed E-state index contributed by atoms with van der Waals surface area (Å²) in [6.45, 7) is 1.65. The number of nitro groups is 1. The molecule has 0 amide bonds. The van der Waals surface area contributed by atoms with E-state index in [1.54, 1.807) is 19.1 Å². The molecular weight excluding hydrogens is 287 g/mol. The van der Waals surface area contributed by atoms with Crippen LogP contribution in [0.4, 0.5) is 5.69 Å². The first-order valence-electron chi connectivity index (χ1n) is 5.77. The summed E-state index contributed by atoms with van der Waals surface area (Å²) in [6.07, 6.45) is 0.862. The summed E-state index contributed by atoms with van der Waals surface area (Å²) in [5.74, 6) is 0.129. The third kappa shape index (κ3) is 4.54. The molecule has 1 atom stereocenters. The predicted octanol–water partition coefficient (Wildman–Crippen LogP) is 3.15. The molecule has 1 rings (SSSR count). The third-order valence-electron chi connectivity index (χ3n) is 2.33. The first-order valence-corrected chi connectivity index (χ1v) is 8.41. The number of benzene rings is 1. The van der Waals surface area contributed by atoms with Gasteiger partial charge in [0.15, 0.2) is 0 Å². The van der Waals surface area contributed by atoms with Crippen LogP contribution in [0.2, 0.25) is 0 Å². The van der Waals surface area contributed by atoms with Gasteiger partial charge in [-0.25, -0.2) is 5.09 Å². The molecule has 6 nitrogen and oxygen atoms in total. The molecule has 0 aliphatic carbocycles. The molecule has 0 aromatic heterocycles. The van der Waals surface area contributed by atoms with Crippen molar-refractivity contribution in [2.45, 2.75) is 20.3 Å². The Balaban J connectivity index is 3.03. The molecule has 0 radical (unpaired) electrons. The average molecular weight is 304 g/mol. The van der Waals surface area contributed by atoms with Gasteiger partial charge in [-0.3, -0.25) is 10.1 Å². The van der Waals surface area contributed by atoms with Crippen molar-refractivity contribution in [1.82, 2.24) is 5.09 Å². The Bertz CT molecular complexity index is 509. The van der Waals surface area contributed by atoms with Gasteiger partial charge >= 0.3 is 12.3 Å². The second-order valence-electron chi connectivity index (χ2n) is 3.91. The highest BCUT2D eigenvalue weighted by atomic mass is 32.5. The molecule has 0 spiro atoms. The molecule has 1 aromatic carbocycles. The minimum absolute atomic E-state index is 0.107. The normalized spacial score (nSPS) is 13.8. The maximum atomic E-state index is 11.0. The van der Waals surface area contributed by atoms with E-state index in [1.807, 2.05) is 6.92 Å². The SMILES string of the molecule is CCCNP(=S)(OC)Oc1ccc(C)cc1[N+](=O)[O-]. The van der Waals surface area contributed by atoms with Gasteiger partial charge in [0.25, 0.3) is 0 Å². The number of nitro benzene ring substituents is 1. The quantitative estimate of drug-likeness (QED) is 0.474. The van der Waals surface area contributed by atoms with Crippen molar-refractivity contribution < 1.29 is 14.0 Å². The van der Waals surface area contributed by atoms with Crippen LogP contribution in [0.3, 0.4) is 0 Å². The highest BCUT2D eigenvalue weighted by molar-refractivity contribution is 8.09. The lowest BCUT2D eigenvalue weighted by molar-refractivity contribution is -0.385. The minimum atomic E-state index is -2.74. The monoisotopic (exact) mass is 304 g/mol. The largest absolute Gasteiger partial charge is 0.425 e. The third-order valence-corrected chi connectivity index (χ3v) is 4.91. The average Bonchev–Trinajstić information content (AvgIpc) is 2.38. The lowest BCUT2D eigenvalue weighted by atomic mass is 10.2. The van der Waals surface area contributed by atoms with Crippen LogP contribution >= 0.6 is 6.64 Å². The number of nitrogens with zero attached hydrogens (tertiary/aromatic N) is 1. The topological polar surface area (TPSA) is 73.6 Å². The van der Waals surface area contributed by atoms with E-state index >= 15 is 0 Å². The Morgan fingerprint density at radius 1 is 1.53 bits per heavy atom. The molecule has 0 aliphatic heterocycles. The van der Waals surface area contributed by atoms with Crippen molar-refractivity contribution in [3.05, 3.63) is 33.9 Å². The molecular formula is C11H17N2O4PS. The number of hydrogen-bond acceptors (Lipinski definition) is 5. The molecule has 0 aliphatic rings. The molecule has 0 bridgehead atoms. The van der Waals surface area contributed by atoms with Gasteiger partial charge in [0.2, 0.25) is 5.75 Å². The predicted molar refractivity (Wildman–Crippen MR) is 78.0 cm³/mol. The lowest BCUT2D eigenvalue weighted by Gasteiger charge is -2.21. The van der Waals surface area contributed by atoms with E-state index in [4.69, 9.17) is 20.9 Å². The summed E-state index contributed by atoms with van der Waals surface area (Å²) < 4.78 is 10.7. The summed E-state index contributed by atoms with van der Waals surface area (Å²) in [5.41, 5.74) is 0.677. The zero-order valence-electron chi connectivity index (χ0n) is 11.1. The Labute approximate surface area is 117 Å². The summed E-state index contributed by atoms with van der Waals surface area (Å²) >= 11 is 5.26. The number of nitrogens with one attached hydrogen (secondary N) is 1. The van der Waals surface area contributed by atoms with Crippen LogP contribution in [-0.2, 0) is 16.3 Å². The zero-order chi connectivity index (χ0) is 14.5. The van der Waals surface area contributed by atoms with E-state index in [-0.39, 0.29) is 11.4 Å². The molecule has 1 aromatic rings. The first kappa shape index (κ1) is 16.0. The molecule has 0 fully saturated rings. The van der Waals surface area contributed by atoms with Crippen LogP contribution in [-0.4, -0.2) is 18.6 Å². The summed E-state index contributed by atoms with van der Waals surface area (Å²) in [5, 5.41) is 14.0. The van der Waals surface area contributed by atoms with Crippen LogP contribution < -0.4 is 9.61 Å².